The summed E-state index contributed by atoms with van der Waals surface area (Å²) in [7, 11) is 1.62. The van der Waals surface area contributed by atoms with Gasteiger partial charge in [0.2, 0.25) is 0 Å². The van der Waals surface area contributed by atoms with Gasteiger partial charge in [0.15, 0.2) is 0 Å². The van der Waals surface area contributed by atoms with E-state index < -0.39 is 0 Å². The molecule has 1 heterocycles. The molecular formula is C9H16N4O. The fourth-order valence-electron chi connectivity index (χ4n) is 1.21. The molecule has 0 spiro atoms. The van der Waals surface area contributed by atoms with Crippen LogP contribution in [0.1, 0.15) is 18.2 Å². The highest BCUT2D eigenvalue weighted by Crippen LogP contribution is 2.08. The van der Waals surface area contributed by atoms with Gasteiger partial charge in [-0.05, 0) is 6.42 Å². The molecule has 1 aromatic heterocycles. The van der Waals surface area contributed by atoms with Gasteiger partial charge in [-0.2, -0.15) is 0 Å². The Hall–Kier alpha value is -1.20. The molecule has 0 radical (unpaired) electrons. The summed E-state index contributed by atoms with van der Waals surface area (Å²) in [6, 6.07) is -0.167. The SMILES string of the molecule is C=CCCn1nncc1[C@@H](N)COC. The average molecular weight is 196 g/mol. The molecule has 5 nitrogen and oxygen atoms in total. The van der Waals surface area contributed by atoms with Crippen LogP contribution >= 0.6 is 0 Å². The Balaban J connectivity index is 2.65. The monoisotopic (exact) mass is 196 g/mol. The number of hydrogen-bond acceptors (Lipinski definition) is 4. The van der Waals surface area contributed by atoms with Crippen LogP contribution in [0.5, 0.6) is 0 Å². The van der Waals surface area contributed by atoms with Crippen molar-refractivity contribution in [1.29, 1.82) is 0 Å². The van der Waals surface area contributed by atoms with Crippen molar-refractivity contribution < 1.29 is 4.74 Å². The lowest BCUT2D eigenvalue weighted by Crippen LogP contribution is -2.20. The number of aromatic nitrogens is 3. The lowest BCUT2D eigenvalue weighted by atomic mass is 10.2. The molecule has 0 fully saturated rings. The molecule has 2 N–H and O–H groups in total. The Morgan fingerprint density at radius 1 is 1.79 bits per heavy atom. The fraction of sp³-hybridized carbons (Fsp3) is 0.556. The highest BCUT2D eigenvalue weighted by molar-refractivity contribution is 5.01. The summed E-state index contributed by atoms with van der Waals surface area (Å²) < 4.78 is 6.76. The maximum atomic E-state index is 5.87. The maximum absolute atomic E-state index is 5.87. The van der Waals surface area contributed by atoms with Crippen LogP contribution < -0.4 is 5.73 Å². The van der Waals surface area contributed by atoms with Crippen molar-refractivity contribution in [2.75, 3.05) is 13.7 Å². The zero-order valence-electron chi connectivity index (χ0n) is 8.39. The van der Waals surface area contributed by atoms with Crippen molar-refractivity contribution in [3.05, 3.63) is 24.5 Å². The Labute approximate surface area is 83.5 Å². The lowest BCUT2D eigenvalue weighted by Gasteiger charge is -2.11. The zero-order chi connectivity index (χ0) is 10.4. The predicted octanol–water partition coefficient (Wildman–Crippen LogP) is 0.500. The maximum Gasteiger partial charge on any atom is 0.0778 e. The summed E-state index contributed by atoms with van der Waals surface area (Å²) >= 11 is 0. The van der Waals surface area contributed by atoms with Crippen LogP contribution in [0.3, 0.4) is 0 Å². The molecule has 0 aliphatic rings. The molecule has 0 amide bonds. The summed E-state index contributed by atoms with van der Waals surface area (Å²) in [4.78, 5) is 0. The summed E-state index contributed by atoms with van der Waals surface area (Å²) in [6.45, 7) is 4.89. The number of allylic oxidation sites excluding steroid dienone is 1. The van der Waals surface area contributed by atoms with E-state index in [0.29, 0.717) is 6.61 Å². The minimum absolute atomic E-state index is 0.167. The summed E-state index contributed by atoms with van der Waals surface area (Å²) in [6.07, 6.45) is 4.37. The molecule has 5 heteroatoms. The van der Waals surface area contributed by atoms with Crippen LogP contribution in [0.15, 0.2) is 18.9 Å². The molecule has 0 bridgehead atoms. The number of rotatable bonds is 6. The minimum atomic E-state index is -0.167. The third-order valence-electron chi connectivity index (χ3n) is 1.92. The topological polar surface area (TPSA) is 66.0 Å². The van der Waals surface area contributed by atoms with E-state index in [9.17, 15) is 0 Å². The highest BCUT2D eigenvalue weighted by atomic mass is 16.5. The normalized spacial score (nSPS) is 12.7. The highest BCUT2D eigenvalue weighted by Gasteiger charge is 2.11. The van der Waals surface area contributed by atoms with Gasteiger partial charge in [0.05, 0.1) is 24.5 Å². The van der Waals surface area contributed by atoms with Crippen LogP contribution in [0.4, 0.5) is 0 Å². The number of methoxy groups -OCH3 is 1. The third kappa shape index (κ3) is 2.65. The van der Waals surface area contributed by atoms with Crippen molar-refractivity contribution in [3.8, 4) is 0 Å². The fourth-order valence-corrected chi connectivity index (χ4v) is 1.21. The first-order valence-corrected chi connectivity index (χ1v) is 4.53. The molecule has 14 heavy (non-hydrogen) atoms. The second-order valence-electron chi connectivity index (χ2n) is 3.02. The van der Waals surface area contributed by atoms with Crippen LogP contribution in [0.25, 0.3) is 0 Å². The first kappa shape index (κ1) is 10.9. The molecule has 0 saturated heterocycles. The van der Waals surface area contributed by atoms with Crippen LogP contribution in [0, 0.1) is 0 Å². The van der Waals surface area contributed by atoms with Crippen molar-refractivity contribution in [1.82, 2.24) is 15.0 Å². The number of ether oxygens (including phenoxy) is 1. The third-order valence-corrected chi connectivity index (χ3v) is 1.92. The van der Waals surface area contributed by atoms with Crippen molar-refractivity contribution in [2.45, 2.75) is 19.0 Å². The van der Waals surface area contributed by atoms with Gasteiger partial charge in [-0.1, -0.05) is 11.3 Å². The van der Waals surface area contributed by atoms with E-state index in [1.165, 1.54) is 0 Å². The minimum Gasteiger partial charge on any atom is -0.383 e. The van der Waals surface area contributed by atoms with Gasteiger partial charge in [-0.15, -0.1) is 11.7 Å². The molecule has 1 rings (SSSR count). The van der Waals surface area contributed by atoms with Crippen molar-refractivity contribution >= 4 is 0 Å². The van der Waals surface area contributed by atoms with Crippen molar-refractivity contribution in [3.63, 3.8) is 0 Å². The zero-order valence-corrected chi connectivity index (χ0v) is 8.39. The number of nitrogens with two attached hydrogens (primary N) is 1. The van der Waals surface area contributed by atoms with E-state index >= 15 is 0 Å². The molecule has 1 aromatic rings. The van der Waals surface area contributed by atoms with E-state index in [-0.39, 0.29) is 6.04 Å². The predicted molar refractivity (Wildman–Crippen MR) is 53.6 cm³/mol. The number of hydrogen-bond donors (Lipinski definition) is 1. The van der Waals surface area contributed by atoms with Gasteiger partial charge < -0.3 is 10.5 Å². The van der Waals surface area contributed by atoms with Crippen LogP contribution in [0.2, 0.25) is 0 Å². The Kier molecular flexibility index (Phi) is 4.28. The van der Waals surface area contributed by atoms with Crippen LogP contribution in [-0.2, 0) is 11.3 Å². The van der Waals surface area contributed by atoms with E-state index in [1.807, 2.05) is 6.08 Å². The van der Waals surface area contributed by atoms with Gasteiger partial charge in [0.25, 0.3) is 0 Å². The molecule has 0 unspecified atom stereocenters. The molecule has 0 aromatic carbocycles. The van der Waals surface area contributed by atoms with Gasteiger partial charge in [-0.3, -0.25) is 0 Å². The van der Waals surface area contributed by atoms with E-state index in [1.54, 1.807) is 18.0 Å². The average Bonchev–Trinajstić information content (AvgIpc) is 2.63. The van der Waals surface area contributed by atoms with E-state index in [0.717, 1.165) is 18.7 Å². The van der Waals surface area contributed by atoms with Gasteiger partial charge in [0.1, 0.15) is 0 Å². The van der Waals surface area contributed by atoms with E-state index in [4.69, 9.17) is 10.5 Å². The Morgan fingerprint density at radius 3 is 3.21 bits per heavy atom. The summed E-state index contributed by atoms with van der Waals surface area (Å²) in [5.74, 6) is 0. The standard InChI is InChI=1S/C9H16N4O/c1-3-4-5-13-9(6-11-12-13)8(10)7-14-2/h3,6,8H,1,4-5,7,10H2,2H3/t8-/m0/s1. The lowest BCUT2D eigenvalue weighted by molar-refractivity contribution is 0.177. The largest absolute Gasteiger partial charge is 0.383 e. The van der Waals surface area contributed by atoms with Crippen molar-refractivity contribution in [2.24, 2.45) is 5.73 Å². The molecule has 0 aliphatic carbocycles. The Bertz CT molecular complexity index is 284. The van der Waals surface area contributed by atoms with Crippen LogP contribution in [-0.4, -0.2) is 28.7 Å². The smallest absolute Gasteiger partial charge is 0.0778 e. The first-order valence-electron chi connectivity index (χ1n) is 4.53. The quantitative estimate of drug-likeness (QED) is 0.673. The summed E-state index contributed by atoms with van der Waals surface area (Å²) in [5.41, 5.74) is 6.77. The molecule has 0 aliphatic heterocycles. The number of nitrogens with zero attached hydrogens (tertiary/aromatic N) is 3. The Morgan fingerprint density at radius 2 is 2.57 bits per heavy atom. The molecule has 78 valence electrons. The summed E-state index contributed by atoms with van der Waals surface area (Å²) in [5, 5.41) is 7.76. The molecule has 1 atom stereocenters. The second-order valence-corrected chi connectivity index (χ2v) is 3.02. The molecule has 0 saturated carbocycles. The van der Waals surface area contributed by atoms with Gasteiger partial charge in [0, 0.05) is 13.7 Å². The second kappa shape index (κ2) is 5.51. The van der Waals surface area contributed by atoms with Gasteiger partial charge >= 0.3 is 0 Å². The van der Waals surface area contributed by atoms with Gasteiger partial charge in [-0.25, -0.2) is 4.68 Å². The molecular weight excluding hydrogens is 180 g/mol. The van der Waals surface area contributed by atoms with E-state index in [2.05, 4.69) is 16.9 Å². The number of aryl methyl sites for hydroxylation is 1. The first-order chi connectivity index (χ1) is 6.79.